The number of carbonyl (C=O) groups is 1. The van der Waals surface area contributed by atoms with E-state index in [4.69, 9.17) is 4.55 Å². The van der Waals surface area contributed by atoms with E-state index in [1.165, 1.54) is 6.42 Å². The van der Waals surface area contributed by atoms with Crippen molar-refractivity contribution in [2.75, 3.05) is 5.75 Å². The van der Waals surface area contributed by atoms with Crippen molar-refractivity contribution in [1.82, 2.24) is 5.32 Å². The normalized spacial score (nSPS) is 45.3. The molecule has 0 unspecified atom stereocenters. The van der Waals surface area contributed by atoms with Crippen LogP contribution in [0.3, 0.4) is 0 Å². The number of fused-ring (bicyclic) bond motifs is 5. The first-order chi connectivity index (χ1) is 17.2. The van der Waals surface area contributed by atoms with Crippen LogP contribution in [0.15, 0.2) is 0 Å². The standard InChI is InChI=1S/C29H51NO6S/c1-6-20-24-15-19(31)11-13-29(24,5)23-12-14-28(4)21(8-9-22(28)26(23)27(20)33)17(2)7-10-25(32)30-18(3)16-37(34,35)36/h17-24,26-27,31,33H,6-16H2,1-5H3,(H,30,32)(H,34,35,36)/t17-,18-,19-,20-,21-,22+,23+,24+,26+,27-,28-,29-/m1/s1. The molecule has 0 aromatic heterocycles. The predicted molar refractivity (Wildman–Crippen MR) is 144 cm³/mol. The van der Waals surface area contributed by atoms with E-state index in [1.54, 1.807) is 6.92 Å². The first-order valence-electron chi connectivity index (χ1n) is 14.8. The minimum atomic E-state index is -4.12. The first-order valence-corrected chi connectivity index (χ1v) is 16.4. The van der Waals surface area contributed by atoms with Crippen LogP contribution < -0.4 is 5.32 Å². The molecule has 4 N–H and O–H groups in total. The van der Waals surface area contributed by atoms with Gasteiger partial charge >= 0.3 is 0 Å². The van der Waals surface area contributed by atoms with Crippen molar-refractivity contribution >= 4 is 16.0 Å². The number of carbonyl (C=O) groups excluding carboxylic acids is 1. The Labute approximate surface area is 224 Å². The molecule has 4 rings (SSSR count). The fraction of sp³-hybridized carbons (Fsp3) is 0.966. The van der Waals surface area contributed by atoms with Gasteiger partial charge in [-0.1, -0.05) is 34.1 Å². The maximum atomic E-state index is 12.5. The lowest BCUT2D eigenvalue weighted by Gasteiger charge is -2.64. The van der Waals surface area contributed by atoms with E-state index in [1.807, 2.05) is 0 Å². The maximum Gasteiger partial charge on any atom is 0.266 e. The van der Waals surface area contributed by atoms with Crippen LogP contribution in [-0.2, 0) is 14.9 Å². The molecule has 214 valence electrons. The molecule has 0 bridgehead atoms. The Morgan fingerprint density at radius 1 is 1.00 bits per heavy atom. The first kappa shape index (κ1) is 29.3. The Balaban J connectivity index is 1.44. The second-order valence-electron chi connectivity index (χ2n) is 13.9. The zero-order valence-corrected chi connectivity index (χ0v) is 24.3. The molecule has 0 aromatic carbocycles. The highest BCUT2D eigenvalue weighted by Gasteiger charge is 2.64. The minimum absolute atomic E-state index is 0.159. The lowest BCUT2D eigenvalue weighted by Crippen LogP contribution is -2.62. The van der Waals surface area contributed by atoms with Crippen molar-refractivity contribution in [3.63, 3.8) is 0 Å². The van der Waals surface area contributed by atoms with Gasteiger partial charge in [-0.05, 0) is 111 Å². The summed E-state index contributed by atoms with van der Waals surface area (Å²) in [4.78, 5) is 12.5. The molecule has 0 heterocycles. The van der Waals surface area contributed by atoms with E-state index in [0.717, 1.165) is 51.4 Å². The fourth-order valence-electron chi connectivity index (χ4n) is 10.2. The van der Waals surface area contributed by atoms with Gasteiger partial charge in [0.2, 0.25) is 5.91 Å². The monoisotopic (exact) mass is 541 g/mol. The van der Waals surface area contributed by atoms with E-state index in [9.17, 15) is 23.4 Å². The van der Waals surface area contributed by atoms with Crippen LogP contribution in [-0.4, -0.2) is 53.1 Å². The van der Waals surface area contributed by atoms with Gasteiger partial charge < -0.3 is 15.5 Å². The SMILES string of the molecule is CC[C@H]1[C@@H](O)[C@@H]2[C@H](CC[C@]3(C)[C@@H]([C@H](C)CCC(=O)N[C@H](C)CS(=O)(=O)O)CC[C@@H]23)[C@@]2(C)CC[C@@H](O)C[C@@H]12. The van der Waals surface area contributed by atoms with Crippen molar-refractivity contribution in [1.29, 1.82) is 0 Å². The molecule has 4 fully saturated rings. The third-order valence-corrected chi connectivity index (χ3v) is 12.8. The number of aliphatic hydroxyl groups is 2. The number of rotatable bonds is 8. The molecule has 4 aliphatic carbocycles. The number of hydrogen-bond donors (Lipinski definition) is 4. The Morgan fingerprint density at radius 2 is 1.65 bits per heavy atom. The Bertz CT molecular complexity index is 941. The highest BCUT2D eigenvalue weighted by atomic mass is 32.2. The van der Waals surface area contributed by atoms with E-state index >= 15 is 0 Å². The molecule has 12 atom stereocenters. The lowest BCUT2D eigenvalue weighted by atomic mass is 9.41. The van der Waals surface area contributed by atoms with Gasteiger partial charge in [-0.15, -0.1) is 0 Å². The van der Waals surface area contributed by atoms with Gasteiger partial charge in [0.15, 0.2) is 0 Å². The second kappa shape index (κ2) is 10.7. The van der Waals surface area contributed by atoms with Gasteiger partial charge in [-0.25, -0.2) is 0 Å². The van der Waals surface area contributed by atoms with Gasteiger partial charge in [0, 0.05) is 12.5 Å². The molecule has 1 amide bonds. The molecule has 4 saturated carbocycles. The summed E-state index contributed by atoms with van der Waals surface area (Å²) in [6.45, 7) is 11.0. The van der Waals surface area contributed by atoms with E-state index < -0.39 is 21.9 Å². The molecule has 8 heteroatoms. The van der Waals surface area contributed by atoms with Crippen LogP contribution in [0.1, 0.15) is 98.8 Å². The van der Waals surface area contributed by atoms with Crippen LogP contribution in [0.4, 0.5) is 0 Å². The molecule has 0 radical (unpaired) electrons. The molecule has 0 spiro atoms. The Hall–Kier alpha value is -0.700. The summed E-state index contributed by atoms with van der Waals surface area (Å²) in [7, 11) is -4.12. The molecule has 0 aromatic rings. The third-order valence-electron chi connectivity index (χ3n) is 11.8. The van der Waals surface area contributed by atoms with Crippen LogP contribution in [0.25, 0.3) is 0 Å². The van der Waals surface area contributed by atoms with Crippen molar-refractivity contribution in [3.05, 3.63) is 0 Å². The summed E-state index contributed by atoms with van der Waals surface area (Å²) >= 11 is 0. The Morgan fingerprint density at radius 3 is 2.30 bits per heavy atom. The molecule has 0 saturated heterocycles. The fourth-order valence-corrected chi connectivity index (χ4v) is 10.9. The van der Waals surface area contributed by atoms with Gasteiger partial charge in [-0.3, -0.25) is 9.35 Å². The third kappa shape index (κ3) is 5.51. The van der Waals surface area contributed by atoms with Crippen LogP contribution in [0, 0.1) is 52.3 Å². The average molecular weight is 542 g/mol. The molecular formula is C29H51NO6S. The quantitative estimate of drug-likeness (QED) is 0.337. The van der Waals surface area contributed by atoms with Gasteiger partial charge in [0.1, 0.15) is 0 Å². The highest BCUT2D eigenvalue weighted by molar-refractivity contribution is 7.85. The topological polar surface area (TPSA) is 124 Å². The summed E-state index contributed by atoms with van der Waals surface area (Å²) in [6.07, 6.45) is 8.91. The van der Waals surface area contributed by atoms with Crippen molar-refractivity contribution < 1.29 is 28.0 Å². The summed E-state index contributed by atoms with van der Waals surface area (Å²) in [5, 5.41) is 25.0. The summed E-state index contributed by atoms with van der Waals surface area (Å²) in [5.74, 6) is 2.23. The number of nitrogens with one attached hydrogen (secondary N) is 1. The van der Waals surface area contributed by atoms with E-state index in [2.05, 4.69) is 33.0 Å². The average Bonchev–Trinajstić information content (AvgIpc) is 3.15. The maximum absolute atomic E-state index is 12.5. The van der Waals surface area contributed by atoms with Crippen molar-refractivity contribution in [2.24, 2.45) is 52.3 Å². The molecule has 0 aliphatic heterocycles. The van der Waals surface area contributed by atoms with Crippen LogP contribution in [0.2, 0.25) is 0 Å². The summed E-state index contributed by atoms with van der Waals surface area (Å²) in [5.41, 5.74) is 0.359. The van der Waals surface area contributed by atoms with Gasteiger partial charge in [0.05, 0.1) is 18.0 Å². The van der Waals surface area contributed by atoms with Gasteiger partial charge in [0.25, 0.3) is 10.1 Å². The largest absolute Gasteiger partial charge is 0.393 e. The molecular weight excluding hydrogens is 490 g/mol. The van der Waals surface area contributed by atoms with Gasteiger partial charge in [-0.2, -0.15) is 8.42 Å². The van der Waals surface area contributed by atoms with Crippen molar-refractivity contribution in [2.45, 2.75) is 117 Å². The molecule has 4 aliphatic rings. The number of hydrogen-bond acceptors (Lipinski definition) is 5. The summed E-state index contributed by atoms with van der Waals surface area (Å²) in [6, 6.07) is -0.619. The number of aliphatic hydroxyl groups excluding tert-OH is 2. The lowest BCUT2D eigenvalue weighted by molar-refractivity contribution is -0.203. The zero-order valence-electron chi connectivity index (χ0n) is 23.5. The summed E-state index contributed by atoms with van der Waals surface area (Å²) < 4.78 is 31.2. The molecule has 7 nitrogen and oxygen atoms in total. The second-order valence-corrected chi connectivity index (χ2v) is 15.4. The highest BCUT2D eigenvalue weighted by Crippen LogP contribution is 2.69. The minimum Gasteiger partial charge on any atom is -0.393 e. The van der Waals surface area contributed by atoms with E-state index in [0.29, 0.717) is 41.9 Å². The van der Waals surface area contributed by atoms with Crippen LogP contribution in [0.5, 0.6) is 0 Å². The van der Waals surface area contributed by atoms with E-state index in [-0.39, 0.29) is 34.9 Å². The van der Waals surface area contributed by atoms with Crippen molar-refractivity contribution in [3.8, 4) is 0 Å². The number of amides is 1. The Kier molecular flexibility index (Phi) is 8.47. The smallest absolute Gasteiger partial charge is 0.266 e. The predicted octanol–water partition coefficient (Wildman–Crippen LogP) is 4.42. The molecule has 37 heavy (non-hydrogen) atoms. The zero-order chi connectivity index (χ0) is 27.3. The van der Waals surface area contributed by atoms with Crippen LogP contribution >= 0.6 is 0 Å².